The van der Waals surface area contributed by atoms with E-state index in [9.17, 15) is 9.59 Å². The summed E-state index contributed by atoms with van der Waals surface area (Å²) in [6.45, 7) is 4.79. The summed E-state index contributed by atoms with van der Waals surface area (Å²) in [7, 11) is 0. The Morgan fingerprint density at radius 3 is 2.52 bits per heavy atom. The van der Waals surface area contributed by atoms with Crippen molar-refractivity contribution in [1.29, 1.82) is 0 Å². The van der Waals surface area contributed by atoms with Crippen molar-refractivity contribution in [3.63, 3.8) is 0 Å². The van der Waals surface area contributed by atoms with E-state index in [0.717, 1.165) is 6.42 Å². The standard InChI is InChI=1S/C18H21N3O2/c1-13(2)8-10-20-18(23)16-12-14(9-11-19-16)17(22)21-15-6-4-3-5-7-15/h3-7,9,11-13H,8,10H2,1-2H3,(H,20,23)(H,21,22). The third-order valence-corrected chi connectivity index (χ3v) is 3.29. The molecule has 0 aliphatic heterocycles. The van der Waals surface area contributed by atoms with Crippen molar-refractivity contribution < 1.29 is 9.59 Å². The van der Waals surface area contributed by atoms with Gasteiger partial charge in [-0.2, -0.15) is 0 Å². The van der Waals surface area contributed by atoms with Gasteiger partial charge in [0.1, 0.15) is 5.69 Å². The van der Waals surface area contributed by atoms with Crippen LogP contribution in [0.2, 0.25) is 0 Å². The molecule has 23 heavy (non-hydrogen) atoms. The van der Waals surface area contributed by atoms with Gasteiger partial charge in [0, 0.05) is 24.0 Å². The fourth-order valence-electron chi connectivity index (χ4n) is 1.99. The monoisotopic (exact) mass is 311 g/mol. The molecule has 2 amide bonds. The molecule has 0 atom stereocenters. The highest BCUT2D eigenvalue weighted by atomic mass is 16.2. The van der Waals surface area contributed by atoms with Gasteiger partial charge in [-0.1, -0.05) is 32.0 Å². The normalized spacial score (nSPS) is 10.4. The van der Waals surface area contributed by atoms with Gasteiger partial charge < -0.3 is 10.6 Å². The molecule has 2 rings (SSSR count). The Bertz CT molecular complexity index is 669. The summed E-state index contributed by atoms with van der Waals surface area (Å²) in [6, 6.07) is 12.3. The third kappa shape index (κ3) is 5.21. The number of hydrogen-bond acceptors (Lipinski definition) is 3. The Hall–Kier alpha value is -2.69. The van der Waals surface area contributed by atoms with Crippen LogP contribution in [0, 0.1) is 5.92 Å². The first kappa shape index (κ1) is 16.7. The molecule has 2 N–H and O–H groups in total. The number of hydrogen-bond donors (Lipinski definition) is 2. The van der Waals surface area contributed by atoms with E-state index < -0.39 is 0 Å². The lowest BCUT2D eigenvalue weighted by atomic mass is 10.1. The third-order valence-electron chi connectivity index (χ3n) is 3.29. The Labute approximate surface area is 136 Å². The van der Waals surface area contributed by atoms with Gasteiger partial charge in [0.2, 0.25) is 0 Å². The van der Waals surface area contributed by atoms with Crippen molar-refractivity contribution in [2.45, 2.75) is 20.3 Å². The quantitative estimate of drug-likeness (QED) is 0.861. The number of benzene rings is 1. The lowest BCUT2D eigenvalue weighted by Gasteiger charge is -2.08. The van der Waals surface area contributed by atoms with E-state index in [-0.39, 0.29) is 17.5 Å². The maximum absolute atomic E-state index is 12.2. The predicted octanol–water partition coefficient (Wildman–Crippen LogP) is 3.11. The molecule has 0 unspecified atom stereocenters. The fourth-order valence-corrected chi connectivity index (χ4v) is 1.99. The van der Waals surface area contributed by atoms with Gasteiger partial charge in [-0.25, -0.2) is 0 Å². The van der Waals surface area contributed by atoms with Crippen LogP contribution < -0.4 is 10.6 Å². The molecule has 0 aliphatic carbocycles. The van der Waals surface area contributed by atoms with Crippen LogP contribution in [0.4, 0.5) is 5.69 Å². The van der Waals surface area contributed by atoms with E-state index >= 15 is 0 Å². The number of nitrogens with one attached hydrogen (secondary N) is 2. The number of nitrogens with zero attached hydrogens (tertiary/aromatic N) is 1. The van der Waals surface area contributed by atoms with Crippen molar-refractivity contribution in [2.75, 3.05) is 11.9 Å². The van der Waals surface area contributed by atoms with Crippen LogP contribution in [0.3, 0.4) is 0 Å². The zero-order chi connectivity index (χ0) is 16.7. The summed E-state index contributed by atoms with van der Waals surface area (Å²) in [5, 5.41) is 5.60. The topological polar surface area (TPSA) is 71.1 Å². The average Bonchev–Trinajstić information content (AvgIpc) is 2.55. The van der Waals surface area contributed by atoms with Crippen LogP contribution in [-0.2, 0) is 0 Å². The highest BCUT2D eigenvalue weighted by Crippen LogP contribution is 2.09. The summed E-state index contributed by atoms with van der Waals surface area (Å²) in [5.41, 5.74) is 1.35. The van der Waals surface area contributed by atoms with Crippen LogP contribution in [0.1, 0.15) is 41.1 Å². The average molecular weight is 311 g/mol. The summed E-state index contributed by atoms with van der Waals surface area (Å²) < 4.78 is 0. The second-order valence-corrected chi connectivity index (χ2v) is 5.69. The maximum Gasteiger partial charge on any atom is 0.269 e. The van der Waals surface area contributed by atoms with E-state index in [1.165, 1.54) is 12.3 Å². The molecule has 2 aromatic rings. The van der Waals surface area contributed by atoms with E-state index in [1.807, 2.05) is 18.2 Å². The molecule has 0 bridgehead atoms. The molecule has 1 aromatic heterocycles. The number of aromatic nitrogens is 1. The molecule has 0 fully saturated rings. The number of para-hydroxylation sites is 1. The summed E-state index contributed by atoms with van der Waals surface area (Å²) in [5.74, 6) is -0.0129. The molecule has 0 saturated carbocycles. The van der Waals surface area contributed by atoms with E-state index in [4.69, 9.17) is 0 Å². The number of rotatable bonds is 6. The van der Waals surface area contributed by atoms with Gasteiger partial charge in [-0.3, -0.25) is 14.6 Å². The lowest BCUT2D eigenvalue weighted by Crippen LogP contribution is -2.26. The van der Waals surface area contributed by atoms with E-state index in [2.05, 4.69) is 29.5 Å². The van der Waals surface area contributed by atoms with Crippen molar-refractivity contribution >= 4 is 17.5 Å². The Balaban J connectivity index is 2.01. The van der Waals surface area contributed by atoms with E-state index in [0.29, 0.717) is 23.7 Å². The molecule has 0 radical (unpaired) electrons. The van der Waals surface area contributed by atoms with E-state index in [1.54, 1.807) is 18.2 Å². The minimum Gasteiger partial charge on any atom is -0.351 e. The SMILES string of the molecule is CC(C)CCNC(=O)c1cc(C(=O)Nc2ccccc2)ccn1. The van der Waals surface area contributed by atoms with Gasteiger partial charge in [-0.15, -0.1) is 0 Å². The number of pyridine rings is 1. The first-order valence-corrected chi connectivity index (χ1v) is 7.67. The number of carbonyl (C=O) groups is 2. The summed E-state index contributed by atoms with van der Waals surface area (Å²) in [6.07, 6.45) is 2.37. The molecule has 0 saturated heterocycles. The Morgan fingerprint density at radius 1 is 1.09 bits per heavy atom. The van der Waals surface area contributed by atoms with Crippen molar-refractivity contribution in [1.82, 2.24) is 10.3 Å². The molecule has 0 spiro atoms. The highest BCUT2D eigenvalue weighted by Gasteiger charge is 2.12. The van der Waals surface area contributed by atoms with Crippen LogP contribution in [0.25, 0.3) is 0 Å². The molecule has 0 aliphatic rings. The van der Waals surface area contributed by atoms with Crippen LogP contribution in [-0.4, -0.2) is 23.3 Å². The summed E-state index contributed by atoms with van der Waals surface area (Å²) >= 11 is 0. The number of anilines is 1. The van der Waals surface area contributed by atoms with Gasteiger partial charge in [0.05, 0.1) is 0 Å². The predicted molar refractivity (Wildman–Crippen MR) is 90.4 cm³/mol. The van der Waals surface area contributed by atoms with Crippen LogP contribution in [0.15, 0.2) is 48.7 Å². The van der Waals surface area contributed by atoms with Gasteiger partial charge >= 0.3 is 0 Å². The Kier molecular flexibility index (Phi) is 5.86. The van der Waals surface area contributed by atoms with Crippen molar-refractivity contribution in [2.24, 2.45) is 5.92 Å². The first-order chi connectivity index (χ1) is 11.1. The van der Waals surface area contributed by atoms with Crippen LogP contribution >= 0.6 is 0 Å². The largest absolute Gasteiger partial charge is 0.351 e. The molecule has 1 heterocycles. The molecule has 120 valence electrons. The highest BCUT2D eigenvalue weighted by molar-refractivity contribution is 6.05. The van der Waals surface area contributed by atoms with Crippen molar-refractivity contribution in [3.8, 4) is 0 Å². The van der Waals surface area contributed by atoms with Gasteiger partial charge in [0.25, 0.3) is 11.8 Å². The summed E-state index contributed by atoms with van der Waals surface area (Å²) in [4.78, 5) is 28.3. The molecular formula is C18H21N3O2. The second kappa shape index (κ2) is 8.08. The Morgan fingerprint density at radius 2 is 1.83 bits per heavy atom. The molecular weight excluding hydrogens is 290 g/mol. The lowest BCUT2D eigenvalue weighted by molar-refractivity contribution is 0.0947. The zero-order valence-electron chi connectivity index (χ0n) is 13.4. The first-order valence-electron chi connectivity index (χ1n) is 7.67. The molecule has 5 nitrogen and oxygen atoms in total. The minimum absolute atomic E-state index is 0.245. The zero-order valence-corrected chi connectivity index (χ0v) is 13.4. The maximum atomic E-state index is 12.2. The number of carbonyl (C=O) groups excluding carboxylic acids is 2. The fraction of sp³-hybridized carbons (Fsp3) is 0.278. The molecule has 1 aromatic carbocycles. The molecule has 5 heteroatoms. The van der Waals surface area contributed by atoms with Crippen LogP contribution in [0.5, 0.6) is 0 Å². The minimum atomic E-state index is -0.269. The smallest absolute Gasteiger partial charge is 0.269 e. The second-order valence-electron chi connectivity index (χ2n) is 5.69. The van der Waals surface area contributed by atoms with Gasteiger partial charge in [-0.05, 0) is 36.6 Å². The van der Waals surface area contributed by atoms with Gasteiger partial charge in [0.15, 0.2) is 0 Å². The number of amides is 2. The van der Waals surface area contributed by atoms with Crippen molar-refractivity contribution in [3.05, 3.63) is 59.9 Å².